The van der Waals surface area contributed by atoms with Gasteiger partial charge in [0.05, 0.1) is 5.71 Å². The summed E-state index contributed by atoms with van der Waals surface area (Å²) < 4.78 is 0. The van der Waals surface area contributed by atoms with E-state index in [2.05, 4.69) is 32.9 Å². The van der Waals surface area contributed by atoms with Gasteiger partial charge in [-0.3, -0.25) is 4.79 Å². The minimum absolute atomic E-state index is 0.0203. The first kappa shape index (κ1) is 10.9. The van der Waals surface area contributed by atoms with Crippen LogP contribution in [0.5, 0.6) is 0 Å². The molecule has 0 radical (unpaired) electrons. The highest BCUT2D eigenvalue weighted by atomic mass is 16.2. The molecule has 0 fully saturated rings. The molecule has 0 aliphatic carbocycles. The minimum atomic E-state index is -0.0203. The number of nitrogens with zero attached hydrogens (tertiary/aromatic N) is 3. The van der Waals surface area contributed by atoms with Crippen LogP contribution < -0.4 is 5.43 Å². The van der Waals surface area contributed by atoms with E-state index < -0.39 is 0 Å². The maximum atomic E-state index is 11.3. The Balaban J connectivity index is 2.04. The highest BCUT2D eigenvalue weighted by Gasteiger charge is 2.24. The molecule has 1 aromatic heterocycles. The van der Waals surface area contributed by atoms with Crippen molar-refractivity contribution in [3.63, 3.8) is 0 Å². The number of hydrogen-bond donors (Lipinski definition) is 2. The number of carbonyl (C=O) groups excluding carboxylic acids is 1. The Hall–Kier alpha value is -2.24. The Morgan fingerprint density at radius 3 is 3.00 bits per heavy atom. The zero-order valence-corrected chi connectivity index (χ0v) is 9.97. The molecule has 6 heteroatoms. The van der Waals surface area contributed by atoms with Gasteiger partial charge >= 0.3 is 0 Å². The van der Waals surface area contributed by atoms with Gasteiger partial charge in [0, 0.05) is 17.9 Å². The van der Waals surface area contributed by atoms with E-state index in [4.69, 9.17) is 0 Å². The van der Waals surface area contributed by atoms with Crippen LogP contribution >= 0.6 is 0 Å². The molecule has 0 spiro atoms. The van der Waals surface area contributed by atoms with E-state index in [1.807, 2.05) is 18.2 Å². The van der Waals surface area contributed by atoms with Gasteiger partial charge in [-0.2, -0.15) is 20.5 Å². The molecule has 0 saturated heterocycles. The molecule has 2 aromatic rings. The molecule has 0 bridgehead atoms. The molecule has 0 saturated carbocycles. The summed E-state index contributed by atoms with van der Waals surface area (Å²) >= 11 is 0. The largest absolute Gasteiger partial charge is 0.273 e. The maximum Gasteiger partial charge on any atom is 0.240 e. The Bertz CT molecular complexity index is 630. The molecular weight excluding hydrogens is 230 g/mol. The van der Waals surface area contributed by atoms with Gasteiger partial charge in [0.25, 0.3) is 0 Å². The van der Waals surface area contributed by atoms with Gasteiger partial charge in [0.15, 0.2) is 0 Å². The second-order valence-corrected chi connectivity index (χ2v) is 4.37. The number of carbonyl (C=O) groups is 1. The van der Waals surface area contributed by atoms with Crippen molar-refractivity contribution < 1.29 is 4.79 Å². The summed E-state index contributed by atoms with van der Waals surface area (Å²) in [6.07, 6.45) is 1.38. The van der Waals surface area contributed by atoms with Gasteiger partial charge in [0.1, 0.15) is 11.0 Å². The van der Waals surface area contributed by atoms with Crippen LogP contribution in [-0.4, -0.2) is 27.0 Å². The van der Waals surface area contributed by atoms with Crippen molar-refractivity contribution in [2.24, 2.45) is 11.0 Å². The fourth-order valence-corrected chi connectivity index (χ4v) is 2.22. The topological polar surface area (TPSA) is 83.0 Å². The molecule has 1 aliphatic rings. The Morgan fingerprint density at radius 1 is 1.33 bits per heavy atom. The molecule has 1 aromatic carbocycles. The van der Waals surface area contributed by atoms with Crippen molar-refractivity contribution >= 4 is 22.7 Å². The van der Waals surface area contributed by atoms with E-state index in [-0.39, 0.29) is 11.8 Å². The number of aromatic amines is 1. The monoisotopic (exact) mass is 243 g/mol. The maximum absolute atomic E-state index is 11.3. The van der Waals surface area contributed by atoms with Crippen LogP contribution in [0.25, 0.3) is 11.0 Å². The lowest BCUT2D eigenvalue weighted by Gasteiger charge is -2.21. The summed E-state index contributed by atoms with van der Waals surface area (Å²) in [7, 11) is 0. The zero-order valence-electron chi connectivity index (χ0n) is 9.97. The molecule has 1 atom stereocenters. The molecule has 2 heterocycles. The quantitative estimate of drug-likeness (QED) is 0.831. The second kappa shape index (κ2) is 4.21. The number of hydrazone groups is 1. The minimum Gasteiger partial charge on any atom is -0.273 e. The Kier molecular flexibility index (Phi) is 2.55. The fourth-order valence-electron chi connectivity index (χ4n) is 2.22. The first-order valence-corrected chi connectivity index (χ1v) is 5.95. The van der Waals surface area contributed by atoms with Crippen LogP contribution in [0.3, 0.4) is 0 Å². The lowest BCUT2D eigenvalue weighted by Crippen LogP contribution is -2.33. The Morgan fingerprint density at radius 2 is 2.17 bits per heavy atom. The fraction of sp³-hybridized carbons (Fsp3) is 0.333. The average Bonchev–Trinajstić information content (AvgIpc) is 2.85. The standard InChI is InChI=1S/C12H13N5O/c1-2-7-6-11(18)15-16-12(7)8-3-4-9-10(5-8)14-17-13-9/h3-5,7H,2,6H2,1H3,(H,15,18)(H,13,14,17). The summed E-state index contributed by atoms with van der Waals surface area (Å²) in [5.74, 6) is 0.149. The number of benzene rings is 1. The van der Waals surface area contributed by atoms with Gasteiger partial charge in [-0.25, -0.2) is 5.43 Å². The summed E-state index contributed by atoms with van der Waals surface area (Å²) in [4.78, 5) is 11.3. The lowest BCUT2D eigenvalue weighted by atomic mass is 9.90. The van der Waals surface area contributed by atoms with Crippen molar-refractivity contribution in [3.8, 4) is 0 Å². The Labute approximate surface area is 103 Å². The van der Waals surface area contributed by atoms with Crippen LogP contribution in [0, 0.1) is 5.92 Å². The zero-order chi connectivity index (χ0) is 12.5. The van der Waals surface area contributed by atoms with E-state index in [1.165, 1.54) is 0 Å². The van der Waals surface area contributed by atoms with Crippen LogP contribution in [0.2, 0.25) is 0 Å². The molecule has 3 rings (SSSR count). The number of aromatic nitrogens is 3. The summed E-state index contributed by atoms with van der Waals surface area (Å²) in [6, 6.07) is 5.81. The van der Waals surface area contributed by atoms with Gasteiger partial charge in [0.2, 0.25) is 5.91 Å². The van der Waals surface area contributed by atoms with Gasteiger partial charge in [-0.1, -0.05) is 13.0 Å². The van der Waals surface area contributed by atoms with Gasteiger partial charge in [-0.05, 0) is 18.6 Å². The molecule has 18 heavy (non-hydrogen) atoms. The third-order valence-electron chi connectivity index (χ3n) is 3.22. The van der Waals surface area contributed by atoms with Crippen molar-refractivity contribution in [2.75, 3.05) is 0 Å². The molecule has 1 aliphatic heterocycles. The highest BCUT2D eigenvalue weighted by molar-refractivity contribution is 6.07. The smallest absolute Gasteiger partial charge is 0.240 e. The van der Waals surface area contributed by atoms with Crippen LogP contribution in [-0.2, 0) is 4.79 Å². The number of hydrogen-bond acceptors (Lipinski definition) is 4. The third-order valence-corrected chi connectivity index (χ3v) is 3.22. The number of amides is 1. The number of nitrogens with one attached hydrogen (secondary N) is 2. The lowest BCUT2D eigenvalue weighted by molar-refractivity contribution is -0.122. The summed E-state index contributed by atoms with van der Waals surface area (Å²) in [6.45, 7) is 2.06. The second-order valence-electron chi connectivity index (χ2n) is 4.37. The normalized spacial score (nSPS) is 19.7. The highest BCUT2D eigenvalue weighted by Crippen LogP contribution is 2.21. The third kappa shape index (κ3) is 1.75. The van der Waals surface area contributed by atoms with E-state index in [9.17, 15) is 4.79 Å². The number of fused-ring (bicyclic) bond motifs is 1. The van der Waals surface area contributed by atoms with E-state index in [0.717, 1.165) is 28.7 Å². The first-order chi connectivity index (χ1) is 8.78. The molecular formula is C12H13N5O. The molecule has 1 amide bonds. The van der Waals surface area contributed by atoms with E-state index in [1.54, 1.807) is 0 Å². The van der Waals surface area contributed by atoms with Crippen molar-refractivity contribution in [1.82, 2.24) is 20.8 Å². The SMILES string of the molecule is CCC1CC(=O)NN=C1c1ccc2n[nH]nc2c1. The van der Waals surface area contributed by atoms with E-state index >= 15 is 0 Å². The molecule has 92 valence electrons. The van der Waals surface area contributed by atoms with Crippen molar-refractivity contribution in [3.05, 3.63) is 23.8 Å². The number of rotatable bonds is 2. The summed E-state index contributed by atoms with van der Waals surface area (Å²) in [5, 5.41) is 14.8. The molecule has 6 nitrogen and oxygen atoms in total. The van der Waals surface area contributed by atoms with Crippen LogP contribution in [0.15, 0.2) is 23.3 Å². The van der Waals surface area contributed by atoms with Crippen LogP contribution in [0.4, 0.5) is 0 Å². The van der Waals surface area contributed by atoms with Crippen molar-refractivity contribution in [2.45, 2.75) is 19.8 Å². The average molecular weight is 243 g/mol. The van der Waals surface area contributed by atoms with Gasteiger partial charge in [-0.15, -0.1) is 0 Å². The van der Waals surface area contributed by atoms with E-state index in [0.29, 0.717) is 6.42 Å². The van der Waals surface area contributed by atoms with Crippen LogP contribution in [0.1, 0.15) is 25.3 Å². The predicted molar refractivity (Wildman–Crippen MR) is 67.0 cm³/mol. The number of H-pyrrole nitrogens is 1. The predicted octanol–water partition coefficient (Wildman–Crippen LogP) is 1.21. The molecule has 1 unspecified atom stereocenters. The first-order valence-electron chi connectivity index (χ1n) is 5.95. The molecule has 2 N–H and O–H groups in total. The summed E-state index contributed by atoms with van der Waals surface area (Å²) in [5.41, 5.74) is 6.08. The van der Waals surface area contributed by atoms with Gasteiger partial charge < -0.3 is 0 Å². The van der Waals surface area contributed by atoms with Crippen molar-refractivity contribution in [1.29, 1.82) is 0 Å².